The van der Waals surface area contributed by atoms with Crippen molar-refractivity contribution in [3.05, 3.63) is 59.2 Å². The maximum absolute atomic E-state index is 9.47. The average Bonchev–Trinajstić information content (AvgIpc) is 2.42. The molecule has 1 unspecified atom stereocenters. The number of aryl methyl sites for hydroxylation is 1. The predicted octanol–water partition coefficient (Wildman–Crippen LogP) is 3.56. The molecule has 0 aliphatic heterocycles. The molecule has 0 spiro atoms. The Morgan fingerprint density at radius 2 is 2.00 bits per heavy atom. The van der Waals surface area contributed by atoms with Gasteiger partial charge in [0.25, 0.3) is 0 Å². The Labute approximate surface area is 114 Å². The Morgan fingerprint density at radius 1 is 1.21 bits per heavy atom. The molecular formula is C16H17N3. The summed E-state index contributed by atoms with van der Waals surface area (Å²) in [5.74, 6) is 0.0907. The number of benzene rings is 1. The Balaban J connectivity index is 2.50. The van der Waals surface area contributed by atoms with Crippen molar-refractivity contribution in [1.82, 2.24) is 9.97 Å². The zero-order valence-corrected chi connectivity index (χ0v) is 11.5. The van der Waals surface area contributed by atoms with Crippen molar-refractivity contribution < 1.29 is 0 Å². The summed E-state index contributed by atoms with van der Waals surface area (Å²) >= 11 is 0. The molecule has 0 radical (unpaired) electrons. The molecule has 19 heavy (non-hydrogen) atoms. The number of hydrogen-bond acceptors (Lipinski definition) is 3. The smallest absolute Gasteiger partial charge is 0.115 e. The van der Waals surface area contributed by atoms with Crippen molar-refractivity contribution in [2.75, 3.05) is 0 Å². The molecular weight excluding hydrogens is 234 g/mol. The molecule has 3 nitrogen and oxygen atoms in total. The fourth-order valence-corrected chi connectivity index (χ4v) is 2.08. The lowest BCUT2D eigenvalue weighted by Gasteiger charge is -2.15. The highest BCUT2D eigenvalue weighted by atomic mass is 14.8. The molecule has 0 aliphatic rings. The third-order valence-electron chi connectivity index (χ3n) is 3.29. The van der Waals surface area contributed by atoms with Crippen LogP contribution in [-0.2, 0) is 0 Å². The first kappa shape index (κ1) is 13.2. The minimum absolute atomic E-state index is 0.354. The van der Waals surface area contributed by atoms with Crippen molar-refractivity contribution in [2.24, 2.45) is 0 Å². The summed E-state index contributed by atoms with van der Waals surface area (Å²) in [5.41, 5.74) is 4.08. The van der Waals surface area contributed by atoms with Gasteiger partial charge in [-0.05, 0) is 29.5 Å². The monoisotopic (exact) mass is 251 g/mol. The number of nitrogens with zero attached hydrogens (tertiary/aromatic N) is 3. The molecule has 0 N–H and O–H groups in total. The maximum Gasteiger partial charge on any atom is 0.115 e. The van der Waals surface area contributed by atoms with Crippen molar-refractivity contribution >= 4 is 0 Å². The van der Waals surface area contributed by atoms with Crippen LogP contribution in [0.5, 0.6) is 0 Å². The Hall–Kier alpha value is -2.21. The van der Waals surface area contributed by atoms with Gasteiger partial charge in [-0.25, -0.2) is 0 Å². The molecule has 0 fully saturated rings. The van der Waals surface area contributed by atoms with Crippen LogP contribution in [0.15, 0.2) is 36.8 Å². The van der Waals surface area contributed by atoms with Gasteiger partial charge in [-0.2, -0.15) is 5.26 Å². The lowest BCUT2D eigenvalue weighted by Crippen LogP contribution is -2.05. The summed E-state index contributed by atoms with van der Waals surface area (Å²) in [6.45, 7) is 6.33. The van der Waals surface area contributed by atoms with Crippen LogP contribution < -0.4 is 0 Å². The third kappa shape index (κ3) is 2.79. The van der Waals surface area contributed by atoms with Crippen LogP contribution >= 0.6 is 0 Å². The van der Waals surface area contributed by atoms with E-state index in [9.17, 15) is 5.26 Å². The topological polar surface area (TPSA) is 49.6 Å². The third-order valence-corrected chi connectivity index (χ3v) is 3.29. The lowest BCUT2D eigenvalue weighted by molar-refractivity contribution is 0.853. The van der Waals surface area contributed by atoms with Crippen LogP contribution in [0.1, 0.15) is 48.1 Å². The lowest BCUT2D eigenvalue weighted by atomic mass is 9.89. The van der Waals surface area contributed by atoms with E-state index in [2.05, 4.69) is 48.1 Å². The molecule has 0 aliphatic carbocycles. The van der Waals surface area contributed by atoms with Gasteiger partial charge in [0.2, 0.25) is 0 Å². The predicted molar refractivity (Wildman–Crippen MR) is 74.8 cm³/mol. The summed E-state index contributed by atoms with van der Waals surface area (Å²) in [6.07, 6.45) is 4.91. The maximum atomic E-state index is 9.47. The summed E-state index contributed by atoms with van der Waals surface area (Å²) < 4.78 is 0. The van der Waals surface area contributed by atoms with Gasteiger partial charge in [0, 0.05) is 12.4 Å². The molecule has 0 bridgehead atoms. The second-order valence-electron chi connectivity index (χ2n) is 4.96. The van der Waals surface area contributed by atoms with Gasteiger partial charge < -0.3 is 0 Å². The number of aromatic nitrogens is 2. The van der Waals surface area contributed by atoms with Gasteiger partial charge in [0.1, 0.15) is 5.92 Å². The van der Waals surface area contributed by atoms with Gasteiger partial charge in [-0.15, -0.1) is 0 Å². The summed E-state index contributed by atoms with van der Waals surface area (Å²) in [5, 5.41) is 9.47. The second-order valence-corrected chi connectivity index (χ2v) is 4.96. The van der Waals surface area contributed by atoms with Crippen LogP contribution in [0.25, 0.3) is 0 Å². The van der Waals surface area contributed by atoms with Crippen molar-refractivity contribution in [2.45, 2.75) is 32.6 Å². The SMILES string of the molecule is Cc1ccc(C(C)C)cc1C(C#N)c1cnccn1. The second kappa shape index (κ2) is 5.62. The zero-order valence-electron chi connectivity index (χ0n) is 11.5. The van der Waals surface area contributed by atoms with Crippen molar-refractivity contribution in [3.8, 4) is 6.07 Å². The van der Waals surface area contributed by atoms with Gasteiger partial charge in [-0.1, -0.05) is 32.0 Å². The first-order chi connectivity index (χ1) is 9.13. The average molecular weight is 251 g/mol. The van der Waals surface area contributed by atoms with E-state index < -0.39 is 0 Å². The van der Waals surface area contributed by atoms with Gasteiger partial charge in [0.15, 0.2) is 0 Å². The Bertz CT molecular complexity index is 597. The summed E-state index contributed by atoms with van der Waals surface area (Å²) in [7, 11) is 0. The van der Waals surface area contributed by atoms with E-state index in [1.807, 2.05) is 6.92 Å². The molecule has 2 rings (SSSR count). The standard InChI is InChI=1S/C16H17N3/c1-11(2)13-5-4-12(3)14(8-13)15(9-17)16-10-18-6-7-19-16/h4-8,10-11,15H,1-3H3. The highest BCUT2D eigenvalue weighted by Gasteiger charge is 2.18. The summed E-state index contributed by atoms with van der Waals surface area (Å²) in [6, 6.07) is 8.65. The molecule has 1 aromatic heterocycles. The molecule has 0 amide bonds. The largest absolute Gasteiger partial charge is 0.261 e. The van der Waals surface area contributed by atoms with Crippen LogP contribution in [0.2, 0.25) is 0 Å². The molecule has 0 saturated heterocycles. The van der Waals surface area contributed by atoms with E-state index in [1.165, 1.54) is 5.56 Å². The van der Waals surface area contributed by atoms with E-state index in [0.29, 0.717) is 11.6 Å². The highest BCUT2D eigenvalue weighted by Crippen LogP contribution is 2.28. The minimum atomic E-state index is -0.354. The highest BCUT2D eigenvalue weighted by molar-refractivity contribution is 5.42. The molecule has 0 saturated carbocycles. The number of nitriles is 1. The van der Waals surface area contributed by atoms with Crippen LogP contribution in [-0.4, -0.2) is 9.97 Å². The van der Waals surface area contributed by atoms with E-state index >= 15 is 0 Å². The molecule has 1 atom stereocenters. The molecule has 96 valence electrons. The van der Waals surface area contributed by atoms with Gasteiger partial charge in [0.05, 0.1) is 18.0 Å². The van der Waals surface area contributed by atoms with Crippen molar-refractivity contribution in [1.29, 1.82) is 5.26 Å². The molecule has 3 heteroatoms. The Morgan fingerprint density at radius 3 is 2.58 bits per heavy atom. The fraction of sp³-hybridized carbons (Fsp3) is 0.312. The van der Waals surface area contributed by atoms with Crippen LogP contribution in [0.4, 0.5) is 0 Å². The van der Waals surface area contributed by atoms with E-state index in [-0.39, 0.29) is 5.92 Å². The zero-order chi connectivity index (χ0) is 13.8. The van der Waals surface area contributed by atoms with Crippen LogP contribution in [0, 0.1) is 18.3 Å². The number of rotatable bonds is 3. The normalized spacial score (nSPS) is 12.2. The number of hydrogen-bond donors (Lipinski definition) is 0. The van der Waals surface area contributed by atoms with E-state index in [1.54, 1.807) is 18.6 Å². The van der Waals surface area contributed by atoms with E-state index in [4.69, 9.17) is 0 Å². The van der Waals surface area contributed by atoms with Gasteiger partial charge >= 0.3 is 0 Å². The summed E-state index contributed by atoms with van der Waals surface area (Å²) in [4.78, 5) is 8.31. The molecule has 1 heterocycles. The quantitative estimate of drug-likeness (QED) is 0.838. The first-order valence-electron chi connectivity index (χ1n) is 6.39. The van der Waals surface area contributed by atoms with Gasteiger partial charge in [-0.3, -0.25) is 9.97 Å². The van der Waals surface area contributed by atoms with E-state index in [0.717, 1.165) is 11.1 Å². The first-order valence-corrected chi connectivity index (χ1v) is 6.39. The molecule has 2 aromatic rings. The Kier molecular flexibility index (Phi) is 3.91. The fourth-order valence-electron chi connectivity index (χ4n) is 2.08. The minimum Gasteiger partial charge on any atom is -0.261 e. The van der Waals surface area contributed by atoms with Crippen molar-refractivity contribution in [3.63, 3.8) is 0 Å². The van der Waals surface area contributed by atoms with Crippen LogP contribution in [0.3, 0.4) is 0 Å². The molecule has 1 aromatic carbocycles.